The number of rotatable bonds is 9. The van der Waals surface area contributed by atoms with Crippen molar-refractivity contribution in [2.24, 2.45) is 0 Å². The first kappa shape index (κ1) is 29.7. The smallest absolute Gasteiger partial charge is 0.294 e. The minimum atomic E-state index is -5.01. The highest BCUT2D eigenvalue weighted by Crippen LogP contribution is 2.30. The van der Waals surface area contributed by atoms with Crippen molar-refractivity contribution < 1.29 is 51.9 Å². The van der Waals surface area contributed by atoms with E-state index < -0.39 is 60.1 Å². The van der Waals surface area contributed by atoms with Crippen LogP contribution in [0.1, 0.15) is 16.7 Å². The van der Waals surface area contributed by atoms with Gasteiger partial charge in [-0.2, -0.15) is 33.7 Å². The van der Waals surface area contributed by atoms with Gasteiger partial charge in [-0.05, 0) is 53.9 Å². The first-order valence-electron chi connectivity index (χ1n) is 10.2. The highest BCUT2D eigenvalue weighted by Gasteiger charge is 2.25. The molecule has 38 heavy (non-hydrogen) atoms. The number of benzene rings is 3. The zero-order valence-corrected chi connectivity index (χ0v) is 22.6. The number of para-hydroxylation sites is 1. The second-order valence-corrected chi connectivity index (χ2v) is 13.7. The Hall–Kier alpha value is -2.90. The van der Waals surface area contributed by atoms with Crippen LogP contribution in [0.2, 0.25) is 0 Å². The summed E-state index contributed by atoms with van der Waals surface area (Å²) in [5.74, 6) is 0. The van der Waals surface area contributed by atoms with Crippen molar-refractivity contribution in [2.75, 3.05) is 4.90 Å². The van der Waals surface area contributed by atoms with Crippen molar-refractivity contribution >= 4 is 46.2 Å². The predicted molar refractivity (Wildman–Crippen MR) is 133 cm³/mol. The zero-order chi connectivity index (χ0) is 28.7. The van der Waals surface area contributed by atoms with Gasteiger partial charge in [0.1, 0.15) is 9.79 Å². The summed E-state index contributed by atoms with van der Waals surface area (Å²) >= 11 is 0. The van der Waals surface area contributed by atoms with Gasteiger partial charge < -0.3 is 4.90 Å². The lowest BCUT2D eigenvalue weighted by Gasteiger charge is -2.28. The van der Waals surface area contributed by atoms with E-state index in [0.29, 0.717) is 23.4 Å². The second-order valence-electron chi connectivity index (χ2n) is 8.08. The number of hydrogen-bond acceptors (Lipinski definition) is 9. The Morgan fingerprint density at radius 1 is 0.579 bits per heavy atom. The maximum Gasteiger partial charge on any atom is 0.294 e. The van der Waals surface area contributed by atoms with Gasteiger partial charge in [-0.25, -0.2) is 0 Å². The lowest BCUT2D eigenvalue weighted by Crippen LogP contribution is -2.25. The van der Waals surface area contributed by atoms with Gasteiger partial charge in [0.15, 0.2) is 0 Å². The van der Waals surface area contributed by atoms with Crippen LogP contribution in [0.25, 0.3) is 0 Å². The van der Waals surface area contributed by atoms with Crippen molar-refractivity contribution in [1.29, 1.82) is 0 Å². The van der Waals surface area contributed by atoms with E-state index in [1.165, 1.54) is 4.90 Å². The second kappa shape index (κ2) is 10.3. The third-order valence-electron chi connectivity index (χ3n) is 5.41. The van der Waals surface area contributed by atoms with Gasteiger partial charge in [0.2, 0.25) is 0 Å². The largest absolute Gasteiger partial charge is 0.363 e. The average molecular weight is 608 g/mol. The molecule has 4 N–H and O–H groups in total. The highest BCUT2D eigenvalue weighted by molar-refractivity contribution is 7.87. The summed E-state index contributed by atoms with van der Waals surface area (Å²) in [6.45, 7) is 0.923. The molecule has 3 aromatic rings. The Balaban J connectivity index is 2.22. The maximum absolute atomic E-state index is 12.1. The molecule has 0 fully saturated rings. The molecule has 13 nitrogen and oxygen atoms in total. The predicted octanol–water partition coefficient (Wildman–Crippen LogP) is 2.19. The third kappa shape index (κ3) is 6.94. The molecule has 3 rings (SSSR count). The van der Waals surface area contributed by atoms with Crippen molar-refractivity contribution in [2.45, 2.75) is 39.6 Å². The topological polar surface area (TPSA) is 221 Å². The van der Waals surface area contributed by atoms with E-state index in [2.05, 4.69) is 0 Å². The van der Waals surface area contributed by atoms with Gasteiger partial charge in [0, 0.05) is 18.8 Å². The lowest BCUT2D eigenvalue weighted by atomic mass is 10.1. The molecule has 0 bridgehead atoms. The molecule has 206 valence electrons. The Morgan fingerprint density at radius 2 is 0.974 bits per heavy atom. The van der Waals surface area contributed by atoms with E-state index in [-0.39, 0.29) is 24.2 Å². The zero-order valence-electron chi connectivity index (χ0n) is 19.3. The maximum atomic E-state index is 12.1. The molecule has 0 saturated carbocycles. The Morgan fingerprint density at radius 3 is 1.32 bits per heavy atom. The highest BCUT2D eigenvalue weighted by atomic mass is 32.2. The third-order valence-corrected chi connectivity index (χ3v) is 8.98. The molecular weight excluding hydrogens is 586 g/mol. The summed E-state index contributed by atoms with van der Waals surface area (Å²) in [6.07, 6.45) is 0. The van der Waals surface area contributed by atoms with Gasteiger partial charge in [-0.1, -0.05) is 30.3 Å². The summed E-state index contributed by atoms with van der Waals surface area (Å²) < 4.78 is 132. The molecule has 0 radical (unpaired) electrons. The summed E-state index contributed by atoms with van der Waals surface area (Å²) in [5, 5.41) is 0. The Bertz CT molecular complexity index is 1720. The number of aryl methyl sites for hydroxylation is 1. The van der Waals surface area contributed by atoms with E-state index in [1.54, 1.807) is 31.2 Å². The summed E-state index contributed by atoms with van der Waals surface area (Å²) in [7, 11) is -19.7. The standard InChI is InChI=1S/C21H21NO12S4/c1-14-4-2-3-5-19(14)22(12-15-6-8-17(35(23,24)25)10-20(15)37(29,30)31)13-16-7-9-18(36(26,27)28)11-21(16)38(32,33)34/h2-11H,12-13H2,1H3,(H,23,24,25)(H,26,27,28)(H,29,30,31)(H,32,33,34). The molecule has 0 amide bonds. The van der Waals surface area contributed by atoms with E-state index in [1.807, 2.05) is 0 Å². The first-order valence-corrected chi connectivity index (χ1v) is 16.0. The Kier molecular flexibility index (Phi) is 8.07. The van der Waals surface area contributed by atoms with Crippen LogP contribution < -0.4 is 4.90 Å². The molecule has 0 saturated heterocycles. The van der Waals surface area contributed by atoms with Gasteiger partial charge in [0.05, 0.1) is 9.79 Å². The minimum absolute atomic E-state index is 0.147. The SMILES string of the molecule is Cc1ccccc1N(Cc1ccc(S(=O)(=O)O)cc1S(=O)(=O)O)Cc1ccc(S(=O)(=O)O)cc1S(=O)(=O)O. The fourth-order valence-corrected chi connectivity index (χ4v) is 6.33. The van der Waals surface area contributed by atoms with Gasteiger partial charge in [0.25, 0.3) is 40.5 Å². The molecule has 3 aromatic carbocycles. The summed E-state index contributed by atoms with van der Waals surface area (Å²) in [5.41, 5.74) is 0.753. The number of nitrogens with zero attached hydrogens (tertiary/aromatic N) is 1. The molecule has 0 spiro atoms. The molecule has 0 aromatic heterocycles. The first-order chi connectivity index (χ1) is 17.3. The fraction of sp³-hybridized carbons (Fsp3) is 0.143. The van der Waals surface area contributed by atoms with Crippen LogP contribution >= 0.6 is 0 Å². The van der Waals surface area contributed by atoms with Gasteiger partial charge >= 0.3 is 0 Å². The van der Waals surface area contributed by atoms with Crippen LogP contribution in [0, 0.1) is 6.92 Å². The normalized spacial score (nSPS) is 12.9. The number of hydrogen-bond donors (Lipinski definition) is 4. The summed E-state index contributed by atoms with van der Waals surface area (Å²) in [6, 6.07) is 11.6. The van der Waals surface area contributed by atoms with Crippen molar-refractivity contribution in [3.8, 4) is 0 Å². The van der Waals surface area contributed by atoms with E-state index >= 15 is 0 Å². The van der Waals surface area contributed by atoms with Crippen LogP contribution in [0.4, 0.5) is 5.69 Å². The molecule has 17 heteroatoms. The van der Waals surface area contributed by atoms with Gasteiger partial charge in [-0.15, -0.1) is 0 Å². The van der Waals surface area contributed by atoms with Crippen LogP contribution in [0.15, 0.2) is 80.2 Å². The van der Waals surface area contributed by atoms with Crippen molar-refractivity contribution in [1.82, 2.24) is 0 Å². The Labute approximate surface area is 219 Å². The van der Waals surface area contributed by atoms with Crippen molar-refractivity contribution in [3.63, 3.8) is 0 Å². The number of anilines is 1. The van der Waals surface area contributed by atoms with Crippen molar-refractivity contribution in [3.05, 3.63) is 77.4 Å². The quantitative estimate of drug-likeness (QED) is 0.257. The van der Waals surface area contributed by atoms with Crippen LogP contribution in [0.3, 0.4) is 0 Å². The molecule has 0 aliphatic carbocycles. The van der Waals surface area contributed by atoms with Crippen LogP contribution in [-0.2, 0) is 53.6 Å². The minimum Gasteiger partial charge on any atom is -0.363 e. The van der Waals surface area contributed by atoms with E-state index in [0.717, 1.165) is 24.3 Å². The molecule has 0 aliphatic rings. The molecule has 0 aliphatic heterocycles. The average Bonchev–Trinajstić information content (AvgIpc) is 2.76. The van der Waals surface area contributed by atoms with E-state index in [9.17, 15) is 51.9 Å². The summed E-state index contributed by atoms with van der Waals surface area (Å²) in [4.78, 5) is -1.87. The van der Waals surface area contributed by atoms with Crippen LogP contribution in [0.5, 0.6) is 0 Å². The molecular formula is C21H21NO12S4. The monoisotopic (exact) mass is 607 g/mol. The molecule has 0 atom stereocenters. The van der Waals surface area contributed by atoms with E-state index in [4.69, 9.17) is 0 Å². The molecule has 0 heterocycles. The van der Waals surface area contributed by atoms with Gasteiger partial charge in [-0.3, -0.25) is 18.2 Å². The lowest BCUT2D eigenvalue weighted by molar-refractivity contribution is 0.476. The van der Waals surface area contributed by atoms with Crippen LogP contribution in [-0.4, -0.2) is 51.9 Å². The molecule has 0 unspecified atom stereocenters. The fourth-order valence-electron chi connectivity index (χ4n) is 3.69.